The predicted molar refractivity (Wildman–Crippen MR) is 40.5 cm³/mol. The first-order valence-corrected chi connectivity index (χ1v) is 4.06. The van der Waals surface area contributed by atoms with Gasteiger partial charge in [0.05, 0.1) is 0 Å². The lowest BCUT2D eigenvalue weighted by Crippen LogP contribution is -1.93. The highest BCUT2D eigenvalue weighted by Crippen LogP contribution is 2.11. The van der Waals surface area contributed by atoms with Crippen molar-refractivity contribution in [2.75, 3.05) is 6.26 Å². The lowest BCUT2D eigenvalue weighted by atomic mass is 10.6. The molecular formula is C6H6N2O2S. The van der Waals surface area contributed by atoms with Gasteiger partial charge in [0.15, 0.2) is 5.16 Å². The molecule has 1 aromatic heterocycles. The minimum Gasteiger partial charge on any atom is -0.410 e. The third-order valence-corrected chi connectivity index (χ3v) is 1.52. The fourth-order valence-corrected chi connectivity index (χ4v) is 0.886. The highest BCUT2D eigenvalue weighted by molar-refractivity contribution is 7.98. The van der Waals surface area contributed by atoms with Crippen molar-refractivity contribution < 1.29 is 9.53 Å². The molecule has 0 N–H and O–H groups in total. The van der Waals surface area contributed by atoms with E-state index in [4.69, 9.17) is 0 Å². The molecule has 1 rings (SSSR count). The van der Waals surface area contributed by atoms with E-state index in [1.807, 2.05) is 6.26 Å². The molecule has 58 valence electrons. The average molecular weight is 170 g/mol. The van der Waals surface area contributed by atoms with Crippen LogP contribution in [0.25, 0.3) is 0 Å². The van der Waals surface area contributed by atoms with Crippen LogP contribution in [0.1, 0.15) is 0 Å². The smallest absolute Gasteiger partial charge is 0.299 e. The predicted octanol–water partition coefficient (Wildman–Crippen LogP) is 0.734. The SMILES string of the molecule is CSc1nccc(OC=O)n1. The average Bonchev–Trinajstić information content (AvgIpc) is 2.06. The number of aromatic nitrogens is 2. The van der Waals surface area contributed by atoms with Crippen molar-refractivity contribution >= 4 is 18.2 Å². The van der Waals surface area contributed by atoms with E-state index in [9.17, 15) is 4.79 Å². The van der Waals surface area contributed by atoms with Crippen LogP contribution in [-0.4, -0.2) is 22.7 Å². The van der Waals surface area contributed by atoms with E-state index in [2.05, 4.69) is 14.7 Å². The Balaban J connectivity index is 2.82. The molecule has 0 aliphatic heterocycles. The van der Waals surface area contributed by atoms with Gasteiger partial charge in [0, 0.05) is 12.3 Å². The number of nitrogens with zero attached hydrogens (tertiary/aromatic N) is 2. The molecule has 0 aromatic carbocycles. The molecule has 0 aliphatic carbocycles. The highest BCUT2D eigenvalue weighted by Gasteiger charge is 1.96. The van der Waals surface area contributed by atoms with Crippen molar-refractivity contribution in [2.45, 2.75) is 5.16 Å². The van der Waals surface area contributed by atoms with Gasteiger partial charge >= 0.3 is 0 Å². The molecule has 0 saturated heterocycles. The van der Waals surface area contributed by atoms with Crippen molar-refractivity contribution in [1.82, 2.24) is 9.97 Å². The second-order valence-electron chi connectivity index (χ2n) is 1.60. The molecule has 0 spiro atoms. The number of carbonyl (C=O) groups is 1. The quantitative estimate of drug-likeness (QED) is 0.380. The van der Waals surface area contributed by atoms with Crippen molar-refractivity contribution in [3.63, 3.8) is 0 Å². The number of thioether (sulfide) groups is 1. The van der Waals surface area contributed by atoms with E-state index in [0.29, 0.717) is 11.6 Å². The first-order chi connectivity index (χ1) is 5.36. The lowest BCUT2D eigenvalue weighted by molar-refractivity contribution is -0.120. The van der Waals surface area contributed by atoms with Gasteiger partial charge in [0.2, 0.25) is 5.88 Å². The van der Waals surface area contributed by atoms with Gasteiger partial charge in [-0.15, -0.1) is 0 Å². The minimum absolute atomic E-state index is 0.277. The summed E-state index contributed by atoms with van der Waals surface area (Å²) in [5.41, 5.74) is 0. The molecule has 0 aliphatic rings. The molecule has 1 heterocycles. The maximum atomic E-state index is 9.88. The molecule has 0 unspecified atom stereocenters. The van der Waals surface area contributed by atoms with Crippen LogP contribution in [0.5, 0.6) is 5.88 Å². The standard InChI is InChI=1S/C6H6N2O2S/c1-11-6-7-3-2-5(8-6)10-4-9/h2-4H,1H3. The van der Waals surface area contributed by atoms with Crippen molar-refractivity contribution in [3.8, 4) is 5.88 Å². The Morgan fingerprint density at radius 3 is 3.18 bits per heavy atom. The highest BCUT2D eigenvalue weighted by atomic mass is 32.2. The van der Waals surface area contributed by atoms with E-state index in [0.717, 1.165) is 0 Å². The summed E-state index contributed by atoms with van der Waals surface area (Å²) < 4.78 is 4.50. The Morgan fingerprint density at radius 2 is 2.55 bits per heavy atom. The summed E-state index contributed by atoms with van der Waals surface area (Å²) >= 11 is 1.39. The third kappa shape index (κ3) is 2.19. The molecular weight excluding hydrogens is 164 g/mol. The Morgan fingerprint density at radius 1 is 1.73 bits per heavy atom. The molecule has 0 saturated carbocycles. The van der Waals surface area contributed by atoms with E-state index in [1.165, 1.54) is 24.0 Å². The lowest BCUT2D eigenvalue weighted by Gasteiger charge is -1.96. The summed E-state index contributed by atoms with van der Waals surface area (Å²) in [7, 11) is 0. The second-order valence-corrected chi connectivity index (χ2v) is 2.37. The van der Waals surface area contributed by atoms with Crippen LogP contribution < -0.4 is 4.74 Å². The molecule has 1 aromatic rings. The van der Waals surface area contributed by atoms with Crippen LogP contribution in [0.3, 0.4) is 0 Å². The Bertz CT molecular complexity index is 254. The van der Waals surface area contributed by atoms with Gasteiger partial charge in [-0.3, -0.25) is 4.79 Å². The second kappa shape index (κ2) is 3.92. The Kier molecular flexibility index (Phi) is 2.85. The number of rotatable bonds is 3. The van der Waals surface area contributed by atoms with E-state index >= 15 is 0 Å². The zero-order chi connectivity index (χ0) is 8.10. The summed E-state index contributed by atoms with van der Waals surface area (Å²) in [5.74, 6) is 0.277. The molecule has 0 bridgehead atoms. The van der Waals surface area contributed by atoms with Gasteiger partial charge in [0.25, 0.3) is 6.47 Å². The maximum absolute atomic E-state index is 9.88. The molecule has 11 heavy (non-hydrogen) atoms. The van der Waals surface area contributed by atoms with Gasteiger partial charge in [0.1, 0.15) is 0 Å². The number of hydrogen-bond donors (Lipinski definition) is 0. The van der Waals surface area contributed by atoms with Gasteiger partial charge in [-0.25, -0.2) is 4.98 Å². The van der Waals surface area contributed by atoms with Crippen molar-refractivity contribution in [2.24, 2.45) is 0 Å². The summed E-state index contributed by atoms with van der Waals surface area (Å²) in [5, 5.41) is 0.587. The van der Waals surface area contributed by atoms with Crippen LogP contribution in [0, 0.1) is 0 Å². The summed E-state index contributed by atoms with van der Waals surface area (Å²) in [6.45, 7) is 0.340. The Labute approximate surface area is 68.0 Å². The maximum Gasteiger partial charge on any atom is 0.299 e. The Hall–Kier alpha value is -1.10. The number of hydrogen-bond acceptors (Lipinski definition) is 5. The largest absolute Gasteiger partial charge is 0.410 e. The van der Waals surface area contributed by atoms with Gasteiger partial charge in [-0.05, 0) is 6.26 Å². The first-order valence-electron chi connectivity index (χ1n) is 2.84. The monoisotopic (exact) mass is 170 g/mol. The molecule has 4 nitrogen and oxygen atoms in total. The molecule has 5 heteroatoms. The van der Waals surface area contributed by atoms with Crippen molar-refractivity contribution in [3.05, 3.63) is 12.3 Å². The van der Waals surface area contributed by atoms with Crippen LogP contribution in [0.2, 0.25) is 0 Å². The van der Waals surface area contributed by atoms with Crippen molar-refractivity contribution in [1.29, 1.82) is 0 Å². The minimum atomic E-state index is 0.277. The molecule has 0 fully saturated rings. The summed E-state index contributed by atoms with van der Waals surface area (Å²) in [4.78, 5) is 17.7. The number of carbonyl (C=O) groups excluding carboxylic acids is 1. The summed E-state index contributed by atoms with van der Waals surface area (Å²) in [6.07, 6.45) is 3.39. The first kappa shape index (κ1) is 8.00. The molecule has 0 radical (unpaired) electrons. The van der Waals surface area contributed by atoms with Gasteiger partial charge in [-0.2, -0.15) is 4.98 Å². The van der Waals surface area contributed by atoms with Crippen LogP contribution >= 0.6 is 11.8 Å². The van der Waals surface area contributed by atoms with Crippen LogP contribution in [0.4, 0.5) is 0 Å². The van der Waals surface area contributed by atoms with Gasteiger partial charge in [-0.1, -0.05) is 11.8 Å². The zero-order valence-electron chi connectivity index (χ0n) is 5.85. The van der Waals surface area contributed by atoms with E-state index < -0.39 is 0 Å². The normalized spacial score (nSPS) is 9.18. The topological polar surface area (TPSA) is 52.1 Å². The molecule has 0 amide bonds. The van der Waals surface area contributed by atoms with E-state index in [-0.39, 0.29) is 5.88 Å². The fraction of sp³-hybridized carbons (Fsp3) is 0.167. The summed E-state index contributed by atoms with van der Waals surface area (Å²) in [6, 6.07) is 1.52. The zero-order valence-corrected chi connectivity index (χ0v) is 6.67. The number of ether oxygens (including phenoxy) is 1. The molecule has 0 atom stereocenters. The van der Waals surface area contributed by atoms with E-state index in [1.54, 1.807) is 0 Å². The van der Waals surface area contributed by atoms with Gasteiger partial charge < -0.3 is 4.74 Å². The van der Waals surface area contributed by atoms with Crippen LogP contribution in [0.15, 0.2) is 17.4 Å². The van der Waals surface area contributed by atoms with Crippen LogP contribution in [-0.2, 0) is 4.79 Å². The third-order valence-electron chi connectivity index (χ3n) is 0.959. The fourth-order valence-electron chi connectivity index (χ4n) is 0.538.